The summed E-state index contributed by atoms with van der Waals surface area (Å²) in [5.41, 5.74) is 1.48. The van der Waals surface area contributed by atoms with E-state index in [9.17, 15) is 0 Å². The molecule has 4 aromatic rings. The molecule has 1 aliphatic heterocycles. The molecule has 130 valence electrons. The second kappa shape index (κ2) is 5.58. The molecule has 0 unspecified atom stereocenters. The van der Waals surface area contributed by atoms with Crippen LogP contribution in [0.2, 0.25) is 0 Å². The van der Waals surface area contributed by atoms with E-state index in [0.29, 0.717) is 6.04 Å². The van der Waals surface area contributed by atoms with E-state index >= 15 is 0 Å². The van der Waals surface area contributed by atoms with Gasteiger partial charge in [-0.3, -0.25) is 0 Å². The monoisotopic (exact) mass is 347 g/mol. The highest BCUT2D eigenvalue weighted by Crippen LogP contribution is 2.27. The molecule has 1 saturated heterocycles. The van der Waals surface area contributed by atoms with Gasteiger partial charge in [-0.25, -0.2) is 15.0 Å². The first-order valence-corrected chi connectivity index (χ1v) is 8.43. The SMILES string of the molecule is Cc1nnc2ccc(N3CC(N(C)c4ncnc5ncccc45)C3)nn12. The van der Waals surface area contributed by atoms with Crippen molar-refractivity contribution >= 4 is 28.3 Å². The number of likely N-dealkylation sites (N-methyl/N-ethyl adjacent to an activating group) is 1. The average molecular weight is 347 g/mol. The van der Waals surface area contributed by atoms with Crippen LogP contribution < -0.4 is 9.80 Å². The Kier molecular flexibility index (Phi) is 3.21. The van der Waals surface area contributed by atoms with E-state index < -0.39 is 0 Å². The van der Waals surface area contributed by atoms with Crippen molar-refractivity contribution < 1.29 is 0 Å². The van der Waals surface area contributed by atoms with Gasteiger partial charge in [-0.1, -0.05) is 0 Å². The summed E-state index contributed by atoms with van der Waals surface area (Å²) in [7, 11) is 2.07. The molecular formula is C17H17N9. The van der Waals surface area contributed by atoms with E-state index in [1.165, 1.54) is 0 Å². The summed E-state index contributed by atoms with van der Waals surface area (Å²) in [5, 5.41) is 13.7. The smallest absolute Gasteiger partial charge is 0.178 e. The van der Waals surface area contributed by atoms with E-state index in [4.69, 9.17) is 0 Å². The van der Waals surface area contributed by atoms with E-state index in [1.807, 2.05) is 31.2 Å². The average Bonchev–Trinajstić information content (AvgIpc) is 3.00. The number of pyridine rings is 1. The lowest BCUT2D eigenvalue weighted by Gasteiger charge is -2.45. The van der Waals surface area contributed by atoms with Gasteiger partial charge in [0.05, 0.1) is 11.4 Å². The van der Waals surface area contributed by atoms with Gasteiger partial charge in [-0.2, -0.15) is 4.52 Å². The van der Waals surface area contributed by atoms with Crippen LogP contribution in [0.1, 0.15) is 5.82 Å². The molecule has 0 bridgehead atoms. The number of anilines is 2. The summed E-state index contributed by atoms with van der Waals surface area (Å²) >= 11 is 0. The molecular weight excluding hydrogens is 330 g/mol. The van der Waals surface area contributed by atoms with Gasteiger partial charge in [-0.05, 0) is 31.2 Å². The Bertz CT molecular complexity index is 1090. The largest absolute Gasteiger partial charge is 0.352 e. The Morgan fingerprint density at radius 3 is 2.85 bits per heavy atom. The van der Waals surface area contributed by atoms with Crippen LogP contribution >= 0.6 is 0 Å². The van der Waals surface area contributed by atoms with Crippen molar-refractivity contribution in [3.63, 3.8) is 0 Å². The molecule has 0 radical (unpaired) electrons. The van der Waals surface area contributed by atoms with Crippen LogP contribution in [0.15, 0.2) is 36.8 Å². The second-order valence-corrected chi connectivity index (χ2v) is 6.45. The Balaban J connectivity index is 1.37. The topological polar surface area (TPSA) is 88.2 Å². The third-order valence-electron chi connectivity index (χ3n) is 4.86. The first kappa shape index (κ1) is 14.9. The van der Waals surface area contributed by atoms with Gasteiger partial charge in [0.15, 0.2) is 17.1 Å². The minimum Gasteiger partial charge on any atom is -0.352 e. The fourth-order valence-corrected chi connectivity index (χ4v) is 3.28. The highest BCUT2D eigenvalue weighted by atomic mass is 15.4. The van der Waals surface area contributed by atoms with E-state index in [-0.39, 0.29) is 0 Å². The van der Waals surface area contributed by atoms with Crippen molar-refractivity contribution in [2.75, 3.05) is 29.9 Å². The highest BCUT2D eigenvalue weighted by molar-refractivity contribution is 5.86. The fourth-order valence-electron chi connectivity index (χ4n) is 3.28. The van der Waals surface area contributed by atoms with E-state index in [1.54, 1.807) is 17.0 Å². The van der Waals surface area contributed by atoms with Gasteiger partial charge >= 0.3 is 0 Å². The highest BCUT2D eigenvalue weighted by Gasteiger charge is 2.32. The van der Waals surface area contributed by atoms with Crippen molar-refractivity contribution in [2.45, 2.75) is 13.0 Å². The molecule has 0 saturated carbocycles. The molecule has 9 heteroatoms. The number of aromatic nitrogens is 7. The Labute approximate surface area is 149 Å². The zero-order valence-electron chi connectivity index (χ0n) is 14.5. The van der Waals surface area contributed by atoms with Crippen molar-refractivity contribution in [1.82, 2.24) is 34.8 Å². The minimum atomic E-state index is 0.354. The Morgan fingerprint density at radius 1 is 1.08 bits per heavy atom. The normalized spacial score (nSPS) is 14.8. The number of aryl methyl sites for hydroxylation is 1. The van der Waals surface area contributed by atoms with Crippen LogP contribution in [0.3, 0.4) is 0 Å². The summed E-state index contributed by atoms with van der Waals surface area (Å²) in [6.07, 6.45) is 3.32. The molecule has 9 nitrogen and oxygen atoms in total. The third-order valence-corrected chi connectivity index (χ3v) is 4.86. The van der Waals surface area contributed by atoms with Crippen LogP contribution in [0.5, 0.6) is 0 Å². The molecule has 5 rings (SSSR count). The third kappa shape index (κ3) is 2.24. The number of rotatable bonds is 3. The molecule has 5 heterocycles. The van der Waals surface area contributed by atoms with Gasteiger partial charge in [0.2, 0.25) is 0 Å². The quantitative estimate of drug-likeness (QED) is 0.544. The van der Waals surface area contributed by atoms with Crippen LogP contribution in [0, 0.1) is 6.92 Å². The Morgan fingerprint density at radius 2 is 1.96 bits per heavy atom. The molecule has 0 spiro atoms. The Hall–Kier alpha value is -3.36. The predicted molar refractivity (Wildman–Crippen MR) is 97.3 cm³/mol. The molecule has 0 atom stereocenters. The van der Waals surface area contributed by atoms with Gasteiger partial charge in [0.25, 0.3) is 0 Å². The van der Waals surface area contributed by atoms with E-state index in [0.717, 1.165) is 47.2 Å². The molecule has 1 fully saturated rings. The molecule has 26 heavy (non-hydrogen) atoms. The maximum Gasteiger partial charge on any atom is 0.178 e. The lowest BCUT2D eigenvalue weighted by molar-refractivity contribution is 0.487. The van der Waals surface area contributed by atoms with Crippen LogP contribution in [-0.4, -0.2) is 60.9 Å². The maximum absolute atomic E-state index is 4.64. The standard InChI is InChI=1S/C17H17N9/c1-11-21-22-14-5-6-15(23-26(11)14)25-8-12(9-25)24(2)17-13-4-3-7-18-16(13)19-10-20-17/h3-7,10,12H,8-9H2,1-2H3. The maximum atomic E-state index is 4.64. The first-order chi connectivity index (χ1) is 12.7. The summed E-state index contributed by atoms with van der Waals surface area (Å²) in [6.45, 7) is 3.65. The van der Waals surface area contributed by atoms with Gasteiger partial charge in [0.1, 0.15) is 18.0 Å². The van der Waals surface area contributed by atoms with Crippen molar-refractivity contribution in [2.24, 2.45) is 0 Å². The van der Waals surface area contributed by atoms with Crippen molar-refractivity contribution in [1.29, 1.82) is 0 Å². The van der Waals surface area contributed by atoms with Gasteiger partial charge in [-0.15, -0.1) is 15.3 Å². The summed E-state index contributed by atoms with van der Waals surface area (Å²) < 4.78 is 1.77. The van der Waals surface area contributed by atoms with Crippen LogP contribution in [-0.2, 0) is 0 Å². The van der Waals surface area contributed by atoms with Crippen LogP contribution in [0.25, 0.3) is 16.7 Å². The lowest BCUT2D eigenvalue weighted by atomic mass is 10.1. The molecule has 0 aromatic carbocycles. The molecule has 0 N–H and O–H groups in total. The molecule has 4 aromatic heterocycles. The zero-order valence-corrected chi connectivity index (χ0v) is 14.5. The number of hydrogen-bond acceptors (Lipinski definition) is 8. The fraction of sp³-hybridized carbons (Fsp3) is 0.294. The molecule has 0 amide bonds. The summed E-state index contributed by atoms with van der Waals surface area (Å²) in [4.78, 5) is 17.5. The first-order valence-electron chi connectivity index (χ1n) is 8.43. The predicted octanol–water partition coefficient (Wildman–Crippen LogP) is 1.10. The molecule has 1 aliphatic rings. The number of fused-ring (bicyclic) bond motifs is 2. The van der Waals surface area contributed by atoms with Gasteiger partial charge in [0, 0.05) is 26.3 Å². The minimum absolute atomic E-state index is 0.354. The van der Waals surface area contributed by atoms with Crippen LogP contribution in [0.4, 0.5) is 11.6 Å². The zero-order chi connectivity index (χ0) is 17.7. The summed E-state index contributed by atoms with van der Waals surface area (Å²) in [6, 6.07) is 8.21. The van der Waals surface area contributed by atoms with Gasteiger partial charge < -0.3 is 9.80 Å². The van der Waals surface area contributed by atoms with E-state index in [2.05, 4.69) is 47.1 Å². The second-order valence-electron chi connectivity index (χ2n) is 6.45. The van der Waals surface area contributed by atoms with Crippen molar-refractivity contribution in [3.05, 3.63) is 42.6 Å². The molecule has 0 aliphatic carbocycles. The number of hydrogen-bond donors (Lipinski definition) is 0. The van der Waals surface area contributed by atoms with Crippen molar-refractivity contribution in [3.8, 4) is 0 Å². The number of nitrogens with zero attached hydrogens (tertiary/aromatic N) is 9. The summed E-state index contributed by atoms with van der Waals surface area (Å²) in [5.74, 6) is 2.63. The lowest BCUT2D eigenvalue weighted by Crippen LogP contribution is -2.59.